The van der Waals surface area contributed by atoms with Crippen LogP contribution >= 0.6 is 0 Å². The maximum absolute atomic E-state index is 13.5. The van der Waals surface area contributed by atoms with Crippen molar-refractivity contribution in [3.63, 3.8) is 0 Å². The standard InChI is InChI=1S/C20H22F2N2O2/c1-13-6-3-4-7-16(13)14(2)24-19(25)8-5-11-23-20(26)17-10-9-15(21)12-18(17)22/h3-4,6-7,9-10,12,14H,5,8,11H2,1-2H3,(H,23,26)(H,24,25)/t14-/m1/s1. The predicted octanol–water partition coefficient (Wildman–Crippen LogP) is 3.66. The Kier molecular flexibility index (Phi) is 6.83. The number of aryl methyl sites for hydroxylation is 1. The molecular formula is C20H22F2N2O2. The summed E-state index contributed by atoms with van der Waals surface area (Å²) < 4.78 is 26.4. The van der Waals surface area contributed by atoms with Crippen molar-refractivity contribution in [2.45, 2.75) is 32.7 Å². The molecule has 0 fully saturated rings. The van der Waals surface area contributed by atoms with Gasteiger partial charge in [-0.3, -0.25) is 9.59 Å². The van der Waals surface area contributed by atoms with E-state index in [2.05, 4.69) is 10.6 Å². The highest BCUT2D eigenvalue weighted by molar-refractivity contribution is 5.94. The van der Waals surface area contributed by atoms with Crippen molar-refractivity contribution in [1.29, 1.82) is 0 Å². The van der Waals surface area contributed by atoms with E-state index in [0.29, 0.717) is 12.5 Å². The second-order valence-electron chi connectivity index (χ2n) is 6.13. The smallest absolute Gasteiger partial charge is 0.254 e. The van der Waals surface area contributed by atoms with Gasteiger partial charge in [-0.2, -0.15) is 0 Å². The quantitative estimate of drug-likeness (QED) is 0.741. The largest absolute Gasteiger partial charge is 0.352 e. The third-order valence-corrected chi connectivity index (χ3v) is 4.07. The van der Waals surface area contributed by atoms with E-state index in [4.69, 9.17) is 0 Å². The van der Waals surface area contributed by atoms with Gasteiger partial charge in [0.25, 0.3) is 5.91 Å². The molecule has 0 aliphatic carbocycles. The average Bonchev–Trinajstić information content (AvgIpc) is 2.58. The Morgan fingerprint density at radius 3 is 2.54 bits per heavy atom. The summed E-state index contributed by atoms with van der Waals surface area (Å²) in [5.41, 5.74) is 1.94. The lowest BCUT2D eigenvalue weighted by Gasteiger charge is -2.16. The van der Waals surface area contributed by atoms with Crippen LogP contribution in [0.4, 0.5) is 8.78 Å². The molecule has 2 amide bonds. The van der Waals surface area contributed by atoms with Crippen LogP contribution in [-0.4, -0.2) is 18.4 Å². The number of carbonyl (C=O) groups excluding carboxylic acids is 2. The normalized spacial score (nSPS) is 11.7. The Labute approximate surface area is 151 Å². The molecule has 0 aliphatic heterocycles. The van der Waals surface area contributed by atoms with E-state index in [1.807, 2.05) is 38.1 Å². The molecule has 2 aromatic carbocycles. The fourth-order valence-corrected chi connectivity index (χ4v) is 2.68. The highest BCUT2D eigenvalue weighted by Crippen LogP contribution is 2.16. The van der Waals surface area contributed by atoms with Crippen molar-refractivity contribution in [3.8, 4) is 0 Å². The summed E-state index contributed by atoms with van der Waals surface area (Å²) in [7, 11) is 0. The van der Waals surface area contributed by atoms with E-state index in [1.165, 1.54) is 0 Å². The van der Waals surface area contributed by atoms with Crippen LogP contribution in [0.25, 0.3) is 0 Å². The first-order valence-corrected chi connectivity index (χ1v) is 8.46. The summed E-state index contributed by atoms with van der Waals surface area (Å²) >= 11 is 0. The van der Waals surface area contributed by atoms with Crippen LogP contribution in [0.15, 0.2) is 42.5 Å². The fraction of sp³-hybridized carbons (Fsp3) is 0.300. The van der Waals surface area contributed by atoms with Gasteiger partial charge in [0.05, 0.1) is 11.6 Å². The van der Waals surface area contributed by atoms with Crippen LogP contribution in [0.5, 0.6) is 0 Å². The van der Waals surface area contributed by atoms with Gasteiger partial charge in [-0.1, -0.05) is 24.3 Å². The van der Waals surface area contributed by atoms with Crippen molar-refractivity contribution in [2.24, 2.45) is 0 Å². The first-order valence-electron chi connectivity index (χ1n) is 8.46. The van der Waals surface area contributed by atoms with E-state index in [9.17, 15) is 18.4 Å². The van der Waals surface area contributed by atoms with Crippen LogP contribution in [-0.2, 0) is 4.79 Å². The number of amides is 2. The number of nitrogens with one attached hydrogen (secondary N) is 2. The predicted molar refractivity (Wildman–Crippen MR) is 95.7 cm³/mol. The van der Waals surface area contributed by atoms with Crippen molar-refractivity contribution >= 4 is 11.8 Å². The molecule has 4 nitrogen and oxygen atoms in total. The fourth-order valence-electron chi connectivity index (χ4n) is 2.68. The molecule has 2 aromatic rings. The molecule has 6 heteroatoms. The van der Waals surface area contributed by atoms with Crippen LogP contribution in [0.2, 0.25) is 0 Å². The molecule has 0 bridgehead atoms. The maximum Gasteiger partial charge on any atom is 0.254 e. The molecule has 2 N–H and O–H groups in total. The average molecular weight is 360 g/mol. The van der Waals surface area contributed by atoms with Crippen LogP contribution in [0.3, 0.4) is 0 Å². The van der Waals surface area contributed by atoms with Gasteiger partial charge >= 0.3 is 0 Å². The number of carbonyl (C=O) groups is 2. The zero-order valence-corrected chi connectivity index (χ0v) is 14.8. The summed E-state index contributed by atoms with van der Waals surface area (Å²) in [5.74, 6) is -2.40. The summed E-state index contributed by atoms with van der Waals surface area (Å²) in [6.07, 6.45) is 0.656. The molecule has 0 spiro atoms. The molecule has 0 saturated carbocycles. The highest BCUT2D eigenvalue weighted by Gasteiger charge is 2.13. The minimum absolute atomic E-state index is 0.105. The number of benzene rings is 2. The monoisotopic (exact) mass is 360 g/mol. The summed E-state index contributed by atoms with van der Waals surface area (Å²) in [6.45, 7) is 4.13. The Hall–Kier alpha value is -2.76. The van der Waals surface area contributed by atoms with Crippen LogP contribution in [0, 0.1) is 18.6 Å². The second kappa shape index (κ2) is 9.08. The minimum Gasteiger partial charge on any atom is -0.352 e. The number of rotatable bonds is 7. The SMILES string of the molecule is Cc1ccccc1[C@@H](C)NC(=O)CCCNC(=O)c1ccc(F)cc1F. The molecular weight excluding hydrogens is 338 g/mol. The number of hydrogen-bond acceptors (Lipinski definition) is 2. The molecule has 0 radical (unpaired) electrons. The van der Waals surface area contributed by atoms with Gasteiger partial charge in [0, 0.05) is 19.0 Å². The summed E-state index contributed by atoms with van der Waals surface area (Å²) in [5, 5.41) is 5.45. The van der Waals surface area contributed by atoms with Crippen LogP contribution in [0.1, 0.15) is 47.3 Å². The zero-order chi connectivity index (χ0) is 19.1. The van der Waals surface area contributed by atoms with Gasteiger partial charge in [-0.05, 0) is 43.5 Å². The number of hydrogen-bond donors (Lipinski definition) is 2. The number of halogens is 2. The Morgan fingerprint density at radius 2 is 1.85 bits per heavy atom. The maximum atomic E-state index is 13.5. The molecule has 0 aliphatic rings. The molecule has 1 atom stereocenters. The molecule has 0 saturated heterocycles. The van der Waals surface area contributed by atoms with E-state index < -0.39 is 17.5 Å². The van der Waals surface area contributed by atoms with Crippen molar-refractivity contribution in [3.05, 3.63) is 70.8 Å². The lowest BCUT2D eigenvalue weighted by molar-refractivity contribution is -0.121. The topological polar surface area (TPSA) is 58.2 Å². The van der Waals surface area contributed by atoms with Gasteiger partial charge in [-0.25, -0.2) is 8.78 Å². The van der Waals surface area contributed by atoms with Crippen molar-refractivity contribution in [2.75, 3.05) is 6.54 Å². The molecule has 0 unspecified atom stereocenters. The van der Waals surface area contributed by atoms with Gasteiger partial charge < -0.3 is 10.6 Å². The van der Waals surface area contributed by atoms with Gasteiger partial charge in [0.15, 0.2) is 0 Å². The van der Waals surface area contributed by atoms with Crippen molar-refractivity contribution in [1.82, 2.24) is 10.6 Å². The Morgan fingerprint density at radius 1 is 1.12 bits per heavy atom. The third kappa shape index (κ3) is 5.37. The van der Waals surface area contributed by atoms with Crippen molar-refractivity contribution < 1.29 is 18.4 Å². The second-order valence-corrected chi connectivity index (χ2v) is 6.13. The molecule has 26 heavy (non-hydrogen) atoms. The minimum atomic E-state index is -0.910. The first kappa shape index (κ1) is 19.6. The van der Waals surface area contributed by atoms with E-state index >= 15 is 0 Å². The lowest BCUT2D eigenvalue weighted by Crippen LogP contribution is -2.29. The zero-order valence-electron chi connectivity index (χ0n) is 14.8. The van der Waals surface area contributed by atoms with Gasteiger partial charge in [-0.15, -0.1) is 0 Å². The molecule has 2 rings (SSSR count). The molecule has 0 heterocycles. The molecule has 138 valence electrons. The Balaban J connectivity index is 1.74. The molecule has 0 aromatic heterocycles. The van der Waals surface area contributed by atoms with E-state index in [0.717, 1.165) is 23.3 Å². The van der Waals surface area contributed by atoms with E-state index in [1.54, 1.807) is 0 Å². The van der Waals surface area contributed by atoms with Gasteiger partial charge in [0.2, 0.25) is 5.91 Å². The lowest BCUT2D eigenvalue weighted by atomic mass is 10.0. The highest BCUT2D eigenvalue weighted by atomic mass is 19.1. The third-order valence-electron chi connectivity index (χ3n) is 4.07. The summed E-state index contributed by atoms with van der Waals surface area (Å²) in [4.78, 5) is 23.9. The van der Waals surface area contributed by atoms with E-state index in [-0.39, 0.29) is 30.5 Å². The van der Waals surface area contributed by atoms with Gasteiger partial charge in [0.1, 0.15) is 11.6 Å². The van der Waals surface area contributed by atoms with Crippen LogP contribution < -0.4 is 10.6 Å². The summed E-state index contributed by atoms with van der Waals surface area (Å²) in [6, 6.07) is 10.5. The first-order chi connectivity index (χ1) is 12.4. The Bertz CT molecular complexity index is 793.